The lowest BCUT2D eigenvalue weighted by atomic mass is 9.97. The largest absolute Gasteiger partial charge is 0.375 e. The van der Waals surface area contributed by atoms with Gasteiger partial charge in [-0.15, -0.1) is 0 Å². The van der Waals surface area contributed by atoms with Gasteiger partial charge in [0.05, 0.1) is 11.7 Å². The summed E-state index contributed by atoms with van der Waals surface area (Å²) in [5.41, 5.74) is 1.63. The van der Waals surface area contributed by atoms with Crippen molar-refractivity contribution in [2.75, 3.05) is 5.32 Å². The molecule has 1 heterocycles. The molecule has 2 nitrogen and oxygen atoms in total. The van der Waals surface area contributed by atoms with Crippen molar-refractivity contribution < 1.29 is 8.78 Å². The molecule has 1 aromatic rings. The van der Waals surface area contributed by atoms with Gasteiger partial charge in [-0.2, -0.15) is 0 Å². The number of aryl methyl sites for hydroxylation is 1. The van der Waals surface area contributed by atoms with E-state index >= 15 is 0 Å². The molecule has 19 heavy (non-hydrogen) atoms. The summed E-state index contributed by atoms with van der Waals surface area (Å²) in [6.07, 6.45) is 4.41. The molecular weight excluding hydrogens is 246 g/mol. The van der Waals surface area contributed by atoms with Gasteiger partial charge in [0.1, 0.15) is 0 Å². The topological polar surface area (TPSA) is 24.9 Å². The Labute approximate surface area is 114 Å². The molecule has 1 atom stereocenters. The Morgan fingerprint density at radius 3 is 2.47 bits per heavy atom. The normalized spacial score (nSPS) is 13.6. The zero-order valence-electron chi connectivity index (χ0n) is 12.2. The highest BCUT2D eigenvalue weighted by molar-refractivity contribution is 5.43. The third kappa shape index (κ3) is 5.13. The molecule has 0 amide bonds. The predicted octanol–water partition coefficient (Wildman–Crippen LogP) is 4.65. The number of alkyl halides is 2. The molecule has 0 aliphatic heterocycles. The number of nitrogens with one attached hydrogen (secondary N) is 1. The monoisotopic (exact) mass is 270 g/mol. The summed E-state index contributed by atoms with van der Waals surface area (Å²) in [5.74, 6) is -2.27. The van der Waals surface area contributed by atoms with Gasteiger partial charge in [-0.1, -0.05) is 20.8 Å². The quantitative estimate of drug-likeness (QED) is 0.780. The van der Waals surface area contributed by atoms with Crippen LogP contribution in [0.3, 0.4) is 0 Å². The number of aromatic nitrogens is 1. The maximum atomic E-state index is 14.0. The standard InChI is InChI=1S/C15H24F2N2/c1-5-15(16,17)14(7-6-11(2)3)19-13-8-12(4)9-18-10-13/h8-11,14,19H,5-7H2,1-4H3. The van der Waals surface area contributed by atoms with Gasteiger partial charge in [0.15, 0.2) is 0 Å². The molecule has 0 aromatic carbocycles. The molecule has 0 radical (unpaired) electrons. The molecule has 0 saturated carbocycles. The van der Waals surface area contributed by atoms with Gasteiger partial charge >= 0.3 is 0 Å². The zero-order valence-corrected chi connectivity index (χ0v) is 12.2. The number of hydrogen-bond acceptors (Lipinski definition) is 2. The van der Waals surface area contributed by atoms with Crippen molar-refractivity contribution in [3.8, 4) is 0 Å². The first-order chi connectivity index (χ1) is 8.85. The van der Waals surface area contributed by atoms with Crippen LogP contribution in [0.25, 0.3) is 0 Å². The number of halogens is 2. The molecule has 1 aromatic heterocycles. The first-order valence-electron chi connectivity index (χ1n) is 6.91. The summed E-state index contributed by atoms with van der Waals surface area (Å²) in [7, 11) is 0. The van der Waals surface area contributed by atoms with Gasteiger partial charge < -0.3 is 5.32 Å². The molecule has 0 saturated heterocycles. The van der Waals surface area contributed by atoms with Crippen molar-refractivity contribution in [3.05, 3.63) is 24.0 Å². The van der Waals surface area contributed by atoms with Gasteiger partial charge in [0.25, 0.3) is 5.92 Å². The molecule has 1 N–H and O–H groups in total. The number of nitrogens with zero attached hydrogens (tertiary/aromatic N) is 1. The van der Waals surface area contributed by atoms with E-state index in [1.165, 1.54) is 6.92 Å². The van der Waals surface area contributed by atoms with Crippen LogP contribution >= 0.6 is 0 Å². The number of hydrogen-bond donors (Lipinski definition) is 1. The highest BCUT2D eigenvalue weighted by Gasteiger charge is 2.37. The van der Waals surface area contributed by atoms with Gasteiger partial charge in [-0.3, -0.25) is 4.98 Å². The smallest absolute Gasteiger partial charge is 0.267 e. The Morgan fingerprint density at radius 2 is 1.95 bits per heavy atom. The van der Waals surface area contributed by atoms with E-state index in [2.05, 4.69) is 24.1 Å². The van der Waals surface area contributed by atoms with Gasteiger partial charge in [-0.25, -0.2) is 8.78 Å². The third-order valence-electron chi connectivity index (χ3n) is 3.23. The molecule has 0 bridgehead atoms. The minimum absolute atomic E-state index is 0.151. The van der Waals surface area contributed by atoms with Gasteiger partial charge in [0.2, 0.25) is 0 Å². The summed E-state index contributed by atoms with van der Waals surface area (Å²) in [6, 6.07) is 1.02. The molecule has 0 spiro atoms. The summed E-state index contributed by atoms with van der Waals surface area (Å²) in [5, 5.41) is 2.95. The van der Waals surface area contributed by atoms with E-state index in [0.717, 1.165) is 12.0 Å². The van der Waals surface area contributed by atoms with Crippen LogP contribution in [0.15, 0.2) is 18.5 Å². The lowest BCUT2D eigenvalue weighted by molar-refractivity contribution is -0.0254. The first kappa shape index (κ1) is 15.9. The summed E-state index contributed by atoms with van der Waals surface area (Å²) >= 11 is 0. The minimum atomic E-state index is -2.70. The van der Waals surface area contributed by atoms with Crippen LogP contribution in [0.4, 0.5) is 14.5 Å². The second kappa shape index (κ2) is 6.83. The Bertz CT molecular complexity index is 391. The van der Waals surface area contributed by atoms with Crippen molar-refractivity contribution in [1.82, 2.24) is 4.98 Å². The van der Waals surface area contributed by atoms with Crippen LogP contribution in [0.2, 0.25) is 0 Å². The average molecular weight is 270 g/mol. The van der Waals surface area contributed by atoms with E-state index in [-0.39, 0.29) is 6.42 Å². The van der Waals surface area contributed by atoms with Crippen molar-refractivity contribution in [2.24, 2.45) is 5.92 Å². The van der Waals surface area contributed by atoms with Crippen molar-refractivity contribution in [2.45, 2.75) is 58.9 Å². The molecule has 0 fully saturated rings. The predicted molar refractivity (Wildman–Crippen MR) is 75.7 cm³/mol. The fourth-order valence-electron chi connectivity index (χ4n) is 1.97. The Hall–Kier alpha value is -1.19. The van der Waals surface area contributed by atoms with Crippen LogP contribution in [0.1, 0.15) is 45.6 Å². The van der Waals surface area contributed by atoms with E-state index in [1.54, 1.807) is 12.4 Å². The SMILES string of the molecule is CCC(F)(F)C(CCC(C)C)Nc1cncc(C)c1. The number of anilines is 1. The molecule has 1 rings (SSSR count). The van der Waals surface area contributed by atoms with Gasteiger partial charge in [0, 0.05) is 18.8 Å². The Kier molecular flexibility index (Phi) is 5.70. The average Bonchev–Trinajstić information content (AvgIpc) is 2.34. The molecule has 0 aliphatic carbocycles. The van der Waals surface area contributed by atoms with Crippen LogP contribution in [-0.2, 0) is 0 Å². The molecule has 4 heteroatoms. The fourth-order valence-corrected chi connectivity index (χ4v) is 1.97. The maximum absolute atomic E-state index is 14.0. The molecule has 1 unspecified atom stereocenters. The van der Waals surface area contributed by atoms with E-state index in [1.807, 2.05) is 13.0 Å². The maximum Gasteiger partial charge on any atom is 0.267 e. The van der Waals surface area contributed by atoms with Crippen LogP contribution in [-0.4, -0.2) is 16.9 Å². The van der Waals surface area contributed by atoms with Gasteiger partial charge in [-0.05, 0) is 37.3 Å². The summed E-state index contributed by atoms with van der Waals surface area (Å²) < 4.78 is 27.9. The number of rotatable bonds is 7. The van der Waals surface area contributed by atoms with E-state index in [4.69, 9.17) is 0 Å². The summed E-state index contributed by atoms with van der Waals surface area (Å²) in [4.78, 5) is 4.03. The van der Waals surface area contributed by atoms with E-state index < -0.39 is 12.0 Å². The second-order valence-electron chi connectivity index (χ2n) is 5.53. The zero-order chi connectivity index (χ0) is 14.5. The van der Waals surface area contributed by atoms with Crippen molar-refractivity contribution in [3.63, 3.8) is 0 Å². The van der Waals surface area contributed by atoms with Crippen molar-refractivity contribution >= 4 is 5.69 Å². The molecular formula is C15H24F2N2. The highest BCUT2D eigenvalue weighted by atomic mass is 19.3. The van der Waals surface area contributed by atoms with Crippen LogP contribution < -0.4 is 5.32 Å². The molecule has 0 aliphatic rings. The van der Waals surface area contributed by atoms with Crippen LogP contribution in [0.5, 0.6) is 0 Å². The molecule has 108 valence electrons. The van der Waals surface area contributed by atoms with Crippen molar-refractivity contribution in [1.29, 1.82) is 0 Å². The minimum Gasteiger partial charge on any atom is -0.375 e. The lowest BCUT2D eigenvalue weighted by Crippen LogP contribution is -2.39. The summed E-state index contributed by atoms with van der Waals surface area (Å²) in [6.45, 7) is 7.53. The number of pyridine rings is 1. The lowest BCUT2D eigenvalue weighted by Gasteiger charge is -2.28. The Morgan fingerprint density at radius 1 is 1.26 bits per heavy atom. The second-order valence-corrected chi connectivity index (χ2v) is 5.53. The third-order valence-corrected chi connectivity index (χ3v) is 3.23. The van der Waals surface area contributed by atoms with E-state index in [9.17, 15) is 8.78 Å². The van der Waals surface area contributed by atoms with E-state index in [0.29, 0.717) is 18.0 Å². The fraction of sp³-hybridized carbons (Fsp3) is 0.667. The Balaban J connectivity index is 2.79. The first-order valence-corrected chi connectivity index (χ1v) is 6.91. The highest BCUT2D eigenvalue weighted by Crippen LogP contribution is 2.29. The van der Waals surface area contributed by atoms with Crippen LogP contribution in [0, 0.1) is 12.8 Å².